The summed E-state index contributed by atoms with van der Waals surface area (Å²) >= 11 is 0. The van der Waals surface area contributed by atoms with Crippen LogP contribution in [-0.4, -0.2) is 70.2 Å². The lowest BCUT2D eigenvalue weighted by atomic mass is 9.98. The molecule has 0 aliphatic carbocycles. The van der Waals surface area contributed by atoms with E-state index < -0.39 is 53.5 Å². The summed E-state index contributed by atoms with van der Waals surface area (Å²) in [6.45, 7) is 7.36. The number of methoxy groups -OCH3 is 1. The van der Waals surface area contributed by atoms with Gasteiger partial charge in [0.2, 0.25) is 17.6 Å². The molecule has 1 aromatic heterocycles. The third-order valence-corrected chi connectivity index (χ3v) is 6.24. The molecule has 0 spiro atoms. The highest BCUT2D eigenvalue weighted by atomic mass is 16.5. The van der Waals surface area contributed by atoms with Crippen LogP contribution in [0.1, 0.15) is 51.2 Å². The maximum Gasteiger partial charge on any atom is 0.442 e. The molecule has 0 saturated carbocycles. The number of likely N-dealkylation sites (tertiary alicyclic amines) is 1. The molecule has 2 heterocycles. The number of hydrogen-bond acceptors (Lipinski definition) is 8. The van der Waals surface area contributed by atoms with E-state index in [0.717, 1.165) is 4.68 Å². The Kier molecular flexibility index (Phi) is 8.85. The van der Waals surface area contributed by atoms with Crippen molar-refractivity contribution in [2.75, 3.05) is 13.7 Å². The monoisotopic (exact) mass is 515 g/mol. The van der Waals surface area contributed by atoms with E-state index in [4.69, 9.17) is 4.42 Å². The van der Waals surface area contributed by atoms with Gasteiger partial charge >= 0.3 is 11.8 Å². The van der Waals surface area contributed by atoms with E-state index in [1.807, 2.05) is 0 Å². The smallest absolute Gasteiger partial charge is 0.442 e. The predicted octanol–water partition coefficient (Wildman–Crippen LogP) is 1.52. The van der Waals surface area contributed by atoms with Crippen LogP contribution in [0.5, 0.6) is 0 Å². The highest BCUT2D eigenvalue weighted by Crippen LogP contribution is 2.21. The maximum absolute atomic E-state index is 13.3. The Morgan fingerprint density at radius 3 is 2.27 bits per heavy atom. The quantitative estimate of drug-likeness (QED) is 0.477. The summed E-state index contributed by atoms with van der Waals surface area (Å²) in [4.78, 5) is 65.3. The van der Waals surface area contributed by atoms with Crippen molar-refractivity contribution in [1.82, 2.24) is 25.3 Å². The van der Waals surface area contributed by atoms with Gasteiger partial charge in [-0.15, -0.1) is 5.10 Å². The second-order valence-corrected chi connectivity index (χ2v) is 9.56. The van der Waals surface area contributed by atoms with Crippen molar-refractivity contribution in [3.63, 3.8) is 0 Å². The standard InChI is InChI=1S/C25H33N5O7/c1-14(2)18(20(31)22-28-30(25(35)37-22)16-10-7-6-8-11-16)26-21(32)17-12-9-13-29(17)23(33)19(15(3)4)27-24(34)36-5/h6-8,10-11,14-15,17-19H,9,12-13H2,1-5H3,(H,26,32)(H,27,34)/t17-,18-,19-/m0/s1. The van der Waals surface area contributed by atoms with Crippen molar-refractivity contribution >= 4 is 23.7 Å². The van der Waals surface area contributed by atoms with Gasteiger partial charge < -0.3 is 24.7 Å². The number of nitrogens with zero attached hydrogens (tertiary/aromatic N) is 3. The number of benzene rings is 1. The summed E-state index contributed by atoms with van der Waals surface area (Å²) in [5.74, 6) is -3.43. The molecule has 12 nitrogen and oxygen atoms in total. The molecule has 2 aromatic rings. The van der Waals surface area contributed by atoms with Crippen LogP contribution in [0.2, 0.25) is 0 Å². The molecule has 0 bridgehead atoms. The lowest BCUT2D eigenvalue weighted by molar-refractivity contribution is -0.141. The zero-order valence-electron chi connectivity index (χ0n) is 21.6. The van der Waals surface area contributed by atoms with E-state index in [-0.39, 0.29) is 11.8 Å². The molecule has 3 amide bonds. The number of amides is 3. The number of aromatic nitrogens is 2. The lowest BCUT2D eigenvalue weighted by Gasteiger charge is -2.31. The first kappa shape index (κ1) is 27.6. The minimum atomic E-state index is -1.04. The van der Waals surface area contributed by atoms with Crippen molar-refractivity contribution in [3.8, 4) is 5.69 Å². The summed E-state index contributed by atoms with van der Waals surface area (Å²) in [6.07, 6.45) is 0.245. The molecule has 200 valence electrons. The first-order valence-electron chi connectivity index (χ1n) is 12.2. The Morgan fingerprint density at radius 1 is 1.03 bits per heavy atom. The Labute approximate surface area is 214 Å². The van der Waals surface area contributed by atoms with E-state index in [1.165, 1.54) is 12.0 Å². The first-order chi connectivity index (χ1) is 17.5. The summed E-state index contributed by atoms with van der Waals surface area (Å²) in [7, 11) is 1.21. The topological polar surface area (TPSA) is 153 Å². The Hall–Kier alpha value is -3.96. The average molecular weight is 516 g/mol. The van der Waals surface area contributed by atoms with Gasteiger partial charge in [0, 0.05) is 6.54 Å². The summed E-state index contributed by atoms with van der Waals surface area (Å²) < 4.78 is 10.7. The van der Waals surface area contributed by atoms with Crippen molar-refractivity contribution in [1.29, 1.82) is 0 Å². The summed E-state index contributed by atoms with van der Waals surface area (Å²) in [6, 6.07) is 5.76. The van der Waals surface area contributed by atoms with Gasteiger partial charge in [0.15, 0.2) is 0 Å². The number of hydrogen-bond donors (Lipinski definition) is 2. The lowest BCUT2D eigenvalue weighted by Crippen LogP contribution is -2.57. The molecule has 1 saturated heterocycles. The van der Waals surface area contributed by atoms with Crippen LogP contribution in [-0.2, 0) is 14.3 Å². The van der Waals surface area contributed by atoms with E-state index >= 15 is 0 Å². The van der Waals surface area contributed by atoms with Gasteiger partial charge in [0.25, 0.3) is 5.89 Å². The molecule has 1 aliphatic heterocycles. The third kappa shape index (κ3) is 6.25. The van der Waals surface area contributed by atoms with Gasteiger partial charge in [0.05, 0.1) is 18.8 Å². The Morgan fingerprint density at radius 2 is 1.68 bits per heavy atom. The van der Waals surface area contributed by atoms with Gasteiger partial charge in [0.1, 0.15) is 12.1 Å². The zero-order chi connectivity index (χ0) is 27.3. The normalized spacial score (nSPS) is 16.9. The Bertz CT molecular complexity index is 1190. The number of alkyl carbamates (subject to hydrolysis) is 1. The number of carbonyl (C=O) groups is 4. The fourth-order valence-electron chi connectivity index (χ4n) is 4.21. The molecule has 0 radical (unpaired) electrons. The van der Waals surface area contributed by atoms with Crippen LogP contribution in [0.3, 0.4) is 0 Å². The Balaban J connectivity index is 1.78. The highest BCUT2D eigenvalue weighted by Gasteiger charge is 2.40. The number of rotatable bonds is 9. The SMILES string of the molecule is COC(=O)N[C@H](C(=O)N1CCC[C@H]1C(=O)N[C@H](C(=O)c1nn(-c2ccccc2)c(=O)o1)C(C)C)C(C)C. The molecule has 3 rings (SSSR count). The number of para-hydroxylation sites is 1. The fraction of sp³-hybridized carbons (Fsp3) is 0.520. The molecule has 3 atom stereocenters. The van der Waals surface area contributed by atoms with Gasteiger partial charge in [-0.3, -0.25) is 14.4 Å². The summed E-state index contributed by atoms with van der Waals surface area (Å²) in [5, 5.41) is 9.29. The third-order valence-electron chi connectivity index (χ3n) is 6.24. The fourth-order valence-corrected chi connectivity index (χ4v) is 4.21. The van der Waals surface area contributed by atoms with Gasteiger partial charge in [-0.1, -0.05) is 45.9 Å². The van der Waals surface area contributed by atoms with E-state index in [9.17, 15) is 24.0 Å². The summed E-state index contributed by atoms with van der Waals surface area (Å²) in [5.41, 5.74) is 0.431. The van der Waals surface area contributed by atoms with Crippen LogP contribution < -0.4 is 16.4 Å². The van der Waals surface area contributed by atoms with E-state index in [0.29, 0.717) is 25.1 Å². The average Bonchev–Trinajstić information content (AvgIpc) is 3.52. The van der Waals surface area contributed by atoms with Crippen LogP contribution >= 0.6 is 0 Å². The largest absolute Gasteiger partial charge is 0.453 e. The number of nitrogens with one attached hydrogen (secondary N) is 2. The number of ketones is 1. The molecule has 1 aromatic carbocycles. The second kappa shape index (κ2) is 11.8. The van der Waals surface area contributed by atoms with Crippen LogP contribution in [0, 0.1) is 11.8 Å². The molecule has 37 heavy (non-hydrogen) atoms. The minimum Gasteiger partial charge on any atom is -0.453 e. The minimum absolute atomic E-state index is 0.247. The molecule has 12 heteroatoms. The second-order valence-electron chi connectivity index (χ2n) is 9.56. The zero-order valence-corrected chi connectivity index (χ0v) is 21.6. The van der Waals surface area contributed by atoms with Crippen molar-refractivity contribution in [3.05, 3.63) is 46.8 Å². The van der Waals surface area contributed by atoms with E-state index in [1.54, 1.807) is 58.0 Å². The van der Waals surface area contributed by atoms with Crippen molar-refractivity contribution in [2.24, 2.45) is 11.8 Å². The van der Waals surface area contributed by atoms with Crippen molar-refractivity contribution < 1.29 is 28.3 Å². The van der Waals surface area contributed by atoms with Crippen LogP contribution in [0.25, 0.3) is 5.69 Å². The highest BCUT2D eigenvalue weighted by molar-refractivity contribution is 6.00. The van der Waals surface area contributed by atoms with E-state index in [2.05, 4.69) is 20.5 Å². The number of ether oxygens (including phenoxy) is 1. The van der Waals surface area contributed by atoms with Gasteiger partial charge in [-0.2, -0.15) is 4.68 Å². The number of Topliss-reactive ketones (excluding diaryl/α,β-unsaturated/α-hetero) is 1. The van der Waals surface area contributed by atoms with Crippen LogP contribution in [0.15, 0.2) is 39.5 Å². The number of carbonyl (C=O) groups excluding carboxylic acids is 4. The molecule has 1 aliphatic rings. The molecule has 2 N–H and O–H groups in total. The molecular formula is C25H33N5O7. The van der Waals surface area contributed by atoms with Crippen LogP contribution in [0.4, 0.5) is 4.79 Å². The molecule has 0 unspecified atom stereocenters. The van der Waals surface area contributed by atoms with Crippen molar-refractivity contribution in [2.45, 2.75) is 58.7 Å². The first-order valence-corrected chi connectivity index (χ1v) is 12.2. The predicted molar refractivity (Wildman–Crippen MR) is 132 cm³/mol. The molecular weight excluding hydrogens is 482 g/mol. The molecule has 1 fully saturated rings. The maximum atomic E-state index is 13.3. The van der Waals surface area contributed by atoms with Gasteiger partial charge in [-0.05, 0) is 36.8 Å². The van der Waals surface area contributed by atoms with Gasteiger partial charge in [-0.25, -0.2) is 9.59 Å².